The predicted molar refractivity (Wildman–Crippen MR) is 189 cm³/mol. The van der Waals surface area contributed by atoms with E-state index in [2.05, 4.69) is 46.5 Å². The first kappa shape index (κ1) is 32.0. The lowest BCUT2D eigenvalue weighted by molar-refractivity contribution is -0.120. The second kappa shape index (κ2) is 15.1. The fraction of sp³-hybridized carbons (Fsp3) is 0.500. The van der Waals surface area contributed by atoms with Crippen LogP contribution in [-0.4, -0.2) is 74.0 Å². The number of urea groups is 1. The molecular formula is C38H50N6O2. The summed E-state index contributed by atoms with van der Waals surface area (Å²) in [6.45, 7) is 13.1. The number of hydrogen-bond donors (Lipinski definition) is 1. The van der Waals surface area contributed by atoms with E-state index in [-0.39, 0.29) is 17.9 Å². The van der Waals surface area contributed by atoms with Gasteiger partial charge in [0, 0.05) is 55.1 Å². The molecule has 3 amide bonds. The van der Waals surface area contributed by atoms with Gasteiger partial charge in [-0.15, -0.1) is 13.2 Å². The van der Waals surface area contributed by atoms with Crippen LogP contribution in [0.15, 0.2) is 78.8 Å². The standard InChI is InChI=1S/C38H50N6O2/c1-3-23-43(32-19-17-30(18-20-32)42-27-21-31(22-28-42)41-25-11-6-12-26-41)38(46)40-36-37(45)44(24-4-2)34-16-10-9-15-33(34)35(39-36)29-13-7-5-8-14-29/h3-4,9-10,15-20,29,31,36H,1-2,5-8,11-14,21-28H2,(H,40,46). The Morgan fingerprint density at radius 1 is 0.870 bits per heavy atom. The molecule has 6 rings (SSSR count). The second-order valence-electron chi connectivity index (χ2n) is 13.2. The molecule has 8 nitrogen and oxygen atoms in total. The van der Waals surface area contributed by atoms with E-state index in [1.54, 1.807) is 22.0 Å². The molecule has 0 aromatic heterocycles. The minimum Gasteiger partial charge on any atom is -0.371 e. The SMILES string of the molecule is C=CCN(C(=O)NC1N=C(C2CCCCC2)c2ccccc2N(CC=C)C1=O)c1ccc(N2CCC(N3CCCCC3)CC2)cc1. The van der Waals surface area contributed by atoms with Gasteiger partial charge in [-0.1, -0.05) is 56.0 Å². The summed E-state index contributed by atoms with van der Waals surface area (Å²) in [6, 6.07) is 16.5. The summed E-state index contributed by atoms with van der Waals surface area (Å²) in [6.07, 6.45) is 14.4. The van der Waals surface area contributed by atoms with Gasteiger partial charge in [-0.05, 0) is 81.9 Å². The number of hydrogen-bond acceptors (Lipinski definition) is 5. The Bertz CT molecular complexity index is 1400. The van der Waals surface area contributed by atoms with E-state index in [1.807, 2.05) is 30.3 Å². The number of aliphatic imine (C=N–C) groups is 1. The average Bonchev–Trinajstić information content (AvgIpc) is 3.22. The van der Waals surface area contributed by atoms with Crippen LogP contribution in [0.5, 0.6) is 0 Å². The first-order valence-corrected chi connectivity index (χ1v) is 17.4. The lowest BCUT2D eigenvalue weighted by Crippen LogP contribution is -2.51. The lowest BCUT2D eigenvalue weighted by Gasteiger charge is -2.41. The van der Waals surface area contributed by atoms with Crippen LogP contribution in [0.25, 0.3) is 0 Å². The molecule has 3 fully saturated rings. The average molecular weight is 623 g/mol. The smallest absolute Gasteiger partial charge is 0.324 e. The Labute approximate surface area is 274 Å². The van der Waals surface area contributed by atoms with Crippen molar-refractivity contribution in [3.05, 3.63) is 79.4 Å². The van der Waals surface area contributed by atoms with E-state index < -0.39 is 6.17 Å². The third-order valence-corrected chi connectivity index (χ3v) is 10.3. The van der Waals surface area contributed by atoms with E-state index in [0.29, 0.717) is 19.1 Å². The number of likely N-dealkylation sites (tertiary alicyclic amines) is 1. The minimum atomic E-state index is -1.04. The van der Waals surface area contributed by atoms with Crippen LogP contribution >= 0.6 is 0 Å². The number of rotatable bonds is 9. The topological polar surface area (TPSA) is 71.5 Å². The van der Waals surface area contributed by atoms with E-state index in [9.17, 15) is 9.59 Å². The predicted octanol–water partition coefficient (Wildman–Crippen LogP) is 6.77. The Morgan fingerprint density at radius 2 is 1.57 bits per heavy atom. The maximum atomic E-state index is 14.0. The van der Waals surface area contributed by atoms with Gasteiger partial charge < -0.3 is 20.0 Å². The zero-order chi connectivity index (χ0) is 31.9. The fourth-order valence-electron chi connectivity index (χ4n) is 7.81. The van der Waals surface area contributed by atoms with Gasteiger partial charge in [0.2, 0.25) is 6.17 Å². The number of nitrogens with zero attached hydrogens (tertiary/aromatic N) is 5. The van der Waals surface area contributed by atoms with Crippen LogP contribution in [0.1, 0.15) is 69.8 Å². The van der Waals surface area contributed by atoms with Gasteiger partial charge in [-0.2, -0.15) is 0 Å². The molecule has 2 aromatic rings. The van der Waals surface area contributed by atoms with Crippen molar-refractivity contribution in [2.24, 2.45) is 10.9 Å². The minimum absolute atomic E-state index is 0.256. The molecule has 1 saturated carbocycles. The Hall–Kier alpha value is -3.91. The van der Waals surface area contributed by atoms with E-state index in [0.717, 1.165) is 61.4 Å². The number of piperidine rings is 2. The number of nitrogens with one attached hydrogen (secondary N) is 1. The quantitative estimate of drug-likeness (QED) is 0.314. The number of para-hydroxylation sites is 1. The number of fused-ring (bicyclic) bond motifs is 1. The van der Waals surface area contributed by atoms with Gasteiger partial charge in [0.1, 0.15) is 0 Å². The summed E-state index contributed by atoms with van der Waals surface area (Å²) in [5, 5.41) is 3.01. The van der Waals surface area contributed by atoms with Gasteiger partial charge in [-0.25, -0.2) is 4.79 Å². The first-order chi connectivity index (χ1) is 22.6. The summed E-state index contributed by atoms with van der Waals surface area (Å²) in [7, 11) is 0. The van der Waals surface area contributed by atoms with Gasteiger partial charge in [0.25, 0.3) is 5.91 Å². The fourth-order valence-corrected chi connectivity index (χ4v) is 7.81. The number of anilines is 3. The molecule has 244 valence electrons. The van der Waals surface area contributed by atoms with Crippen LogP contribution in [0.3, 0.4) is 0 Å². The van der Waals surface area contributed by atoms with Gasteiger partial charge in [0.05, 0.1) is 11.4 Å². The number of amides is 3. The molecule has 46 heavy (non-hydrogen) atoms. The number of carbonyl (C=O) groups excluding carboxylic acids is 2. The molecule has 0 bridgehead atoms. The van der Waals surface area contributed by atoms with Crippen LogP contribution < -0.4 is 20.0 Å². The molecule has 4 aliphatic rings. The van der Waals surface area contributed by atoms with Crippen molar-refractivity contribution < 1.29 is 9.59 Å². The van der Waals surface area contributed by atoms with Crippen LogP contribution in [0.4, 0.5) is 21.9 Å². The first-order valence-electron chi connectivity index (χ1n) is 17.4. The molecule has 2 saturated heterocycles. The molecule has 1 unspecified atom stereocenters. The van der Waals surface area contributed by atoms with E-state index >= 15 is 0 Å². The summed E-state index contributed by atoms with van der Waals surface area (Å²) < 4.78 is 0. The van der Waals surface area contributed by atoms with Crippen LogP contribution in [0.2, 0.25) is 0 Å². The van der Waals surface area contributed by atoms with Crippen LogP contribution in [0, 0.1) is 5.92 Å². The molecule has 1 atom stereocenters. The lowest BCUT2D eigenvalue weighted by atomic mass is 9.83. The molecule has 8 heteroatoms. The zero-order valence-electron chi connectivity index (χ0n) is 27.3. The van der Waals surface area contributed by atoms with Gasteiger partial charge in [-0.3, -0.25) is 14.7 Å². The molecule has 0 radical (unpaired) electrons. The number of benzene rings is 2. The number of benzodiazepines with no additional fused rings is 1. The van der Waals surface area contributed by atoms with E-state index in [4.69, 9.17) is 4.99 Å². The largest absolute Gasteiger partial charge is 0.371 e. The molecular weight excluding hydrogens is 572 g/mol. The molecule has 3 heterocycles. The van der Waals surface area contributed by atoms with Crippen LogP contribution in [-0.2, 0) is 4.79 Å². The molecule has 2 aromatic carbocycles. The Balaban J connectivity index is 1.19. The second-order valence-corrected chi connectivity index (χ2v) is 13.2. The third-order valence-electron chi connectivity index (χ3n) is 10.3. The summed E-state index contributed by atoms with van der Waals surface area (Å²) in [5.74, 6) is 0.000825. The van der Waals surface area contributed by atoms with Crippen molar-refractivity contribution in [1.29, 1.82) is 0 Å². The molecule has 1 aliphatic carbocycles. The van der Waals surface area contributed by atoms with Gasteiger partial charge in [0.15, 0.2) is 0 Å². The van der Waals surface area contributed by atoms with Crippen molar-refractivity contribution in [2.75, 3.05) is 54.0 Å². The van der Waals surface area contributed by atoms with Crippen molar-refractivity contribution >= 4 is 34.7 Å². The zero-order valence-corrected chi connectivity index (χ0v) is 27.3. The highest BCUT2D eigenvalue weighted by atomic mass is 16.2. The molecule has 3 aliphatic heterocycles. The van der Waals surface area contributed by atoms with Gasteiger partial charge >= 0.3 is 6.03 Å². The van der Waals surface area contributed by atoms with Crippen molar-refractivity contribution in [3.63, 3.8) is 0 Å². The maximum Gasteiger partial charge on any atom is 0.324 e. The normalized spacial score (nSPS) is 21.6. The third kappa shape index (κ3) is 7.07. The Kier molecular flexibility index (Phi) is 10.5. The van der Waals surface area contributed by atoms with Crippen molar-refractivity contribution in [2.45, 2.75) is 76.4 Å². The summed E-state index contributed by atoms with van der Waals surface area (Å²) in [4.78, 5) is 41.5. The molecule has 0 spiro atoms. The number of carbonyl (C=O) groups is 2. The highest BCUT2D eigenvalue weighted by molar-refractivity contribution is 6.14. The Morgan fingerprint density at radius 3 is 2.26 bits per heavy atom. The van der Waals surface area contributed by atoms with Crippen molar-refractivity contribution in [3.8, 4) is 0 Å². The summed E-state index contributed by atoms with van der Waals surface area (Å²) in [5.41, 5.74) is 4.66. The summed E-state index contributed by atoms with van der Waals surface area (Å²) >= 11 is 0. The highest BCUT2D eigenvalue weighted by Gasteiger charge is 2.35. The molecule has 1 N–H and O–H groups in total. The maximum absolute atomic E-state index is 14.0. The van der Waals surface area contributed by atoms with E-state index in [1.165, 1.54) is 57.3 Å². The van der Waals surface area contributed by atoms with Crippen molar-refractivity contribution in [1.82, 2.24) is 10.2 Å². The monoisotopic (exact) mass is 622 g/mol. The highest BCUT2D eigenvalue weighted by Crippen LogP contribution is 2.34.